The van der Waals surface area contributed by atoms with Crippen molar-refractivity contribution in [3.8, 4) is 0 Å². The average molecular weight is 948 g/mol. The average Bonchev–Trinajstić information content (AvgIpc) is 3.51. The Labute approximate surface area is 412 Å². The number of aromatic amines is 1. The number of unbranched alkanes of at least 4 members (excludes halogenated alkanes) is 2. The van der Waals surface area contributed by atoms with Crippen molar-refractivity contribution in [2.75, 3.05) is 26.8 Å². The van der Waals surface area contributed by atoms with Gasteiger partial charge in [0, 0.05) is 86.1 Å². The van der Waals surface area contributed by atoms with Crippen LogP contribution < -0.4 is 5.32 Å². The maximum atomic E-state index is 16.2. The van der Waals surface area contributed by atoms with E-state index in [2.05, 4.69) is 93.9 Å². The Morgan fingerprint density at radius 3 is 2.41 bits per heavy atom. The number of epoxide rings is 1. The number of aryl methyl sites for hydroxylation is 2. The van der Waals surface area contributed by atoms with Crippen LogP contribution in [-0.2, 0) is 44.1 Å². The maximum absolute atomic E-state index is 16.2. The molecule has 2 saturated heterocycles. The van der Waals surface area contributed by atoms with Crippen LogP contribution in [0.25, 0.3) is 11.0 Å². The smallest absolute Gasteiger partial charge is 0.163 e. The lowest BCUT2D eigenvalue weighted by atomic mass is 9.33. The second kappa shape index (κ2) is 17.3. The van der Waals surface area contributed by atoms with Crippen molar-refractivity contribution in [1.82, 2.24) is 14.9 Å². The number of Topliss-reactive ketones (excluding diaryl/α,β-unsaturated/α-hetero) is 2. The highest BCUT2D eigenvalue weighted by atomic mass is 16.6. The molecular formula is C59H85N3O7. The van der Waals surface area contributed by atoms with Crippen molar-refractivity contribution < 1.29 is 34.4 Å². The molecule has 3 aromatic rings. The number of aliphatic hydroxyl groups is 3. The summed E-state index contributed by atoms with van der Waals surface area (Å²) in [5.41, 5.74) is 6.00. The number of benzene rings is 1. The van der Waals surface area contributed by atoms with Crippen LogP contribution in [0, 0.1) is 57.7 Å². The summed E-state index contributed by atoms with van der Waals surface area (Å²) in [6.07, 6.45) is 13.9. The lowest BCUT2D eigenvalue weighted by Gasteiger charge is -2.71. The lowest BCUT2D eigenvalue weighted by molar-refractivity contribution is -0.229. The molecule has 12 unspecified atom stereocenters. The van der Waals surface area contributed by atoms with Gasteiger partial charge in [-0.3, -0.25) is 9.59 Å². The quantitative estimate of drug-likeness (QED) is 0.0841. The van der Waals surface area contributed by atoms with Crippen molar-refractivity contribution >= 4 is 22.6 Å². The van der Waals surface area contributed by atoms with E-state index in [1.165, 1.54) is 11.1 Å². The largest absolute Gasteiger partial charge is 0.392 e. The Kier molecular flexibility index (Phi) is 12.4. The van der Waals surface area contributed by atoms with Crippen molar-refractivity contribution in [1.29, 1.82) is 0 Å². The zero-order valence-electron chi connectivity index (χ0n) is 43.8. The summed E-state index contributed by atoms with van der Waals surface area (Å²) in [5, 5.41) is 41.4. The molecule has 5 N–H and O–H groups in total. The van der Waals surface area contributed by atoms with E-state index in [-0.39, 0.29) is 41.0 Å². The van der Waals surface area contributed by atoms with Gasteiger partial charge in [0.15, 0.2) is 5.78 Å². The molecule has 5 fully saturated rings. The van der Waals surface area contributed by atoms with Gasteiger partial charge in [-0.15, -0.1) is 0 Å². The molecule has 69 heavy (non-hydrogen) atoms. The van der Waals surface area contributed by atoms with Gasteiger partial charge in [-0.2, -0.15) is 0 Å². The Morgan fingerprint density at radius 2 is 1.71 bits per heavy atom. The maximum Gasteiger partial charge on any atom is 0.163 e. The Bertz CT molecular complexity index is 2530. The molecule has 4 aliphatic carbocycles. The van der Waals surface area contributed by atoms with E-state index in [1.807, 2.05) is 20.9 Å². The predicted molar refractivity (Wildman–Crippen MR) is 271 cm³/mol. The molecule has 5 heterocycles. The van der Waals surface area contributed by atoms with Gasteiger partial charge in [0.05, 0.1) is 34.4 Å². The molecule has 3 saturated carbocycles. The van der Waals surface area contributed by atoms with Crippen LogP contribution in [-0.4, -0.2) is 87.2 Å². The summed E-state index contributed by atoms with van der Waals surface area (Å²) in [6, 6.07) is 6.56. The number of fused-ring (bicyclic) bond motifs is 4. The molecule has 12 atom stereocenters. The molecule has 0 bridgehead atoms. The molecule has 1 aromatic carbocycles. The fraction of sp³-hybridized carbons (Fsp3) is 0.729. The van der Waals surface area contributed by atoms with Crippen LogP contribution >= 0.6 is 0 Å². The summed E-state index contributed by atoms with van der Waals surface area (Å²) in [7, 11) is 1.97. The number of ether oxygens (including phenoxy) is 2. The molecule has 7 aliphatic rings. The molecule has 0 radical (unpaired) electrons. The number of nitrogens with one attached hydrogen (secondary N) is 2. The SMILES string of the molecule is CCCCCC1C(=O)C2=C3C(Cn4cc(Cc5cc(C)cc(C6(O)CCOCC6)c5)c5[nH]cc(c54)CCC2(C)CC(O)C2OC2(C)C)C(O)C2C4(C)CCC(=O)C(C)(CCNC)C4CCC2(C)C31C. The minimum absolute atomic E-state index is 0.109. The fourth-order valence-corrected chi connectivity index (χ4v) is 17.3. The van der Waals surface area contributed by atoms with Gasteiger partial charge >= 0.3 is 0 Å². The number of carbonyl (C=O) groups excluding carboxylic acids is 2. The summed E-state index contributed by atoms with van der Waals surface area (Å²) in [6.45, 7) is 22.6. The van der Waals surface area contributed by atoms with Gasteiger partial charge in [-0.1, -0.05) is 84.6 Å². The molecule has 0 amide bonds. The number of aliphatic hydroxyl groups excluding tert-OH is 2. The van der Waals surface area contributed by atoms with Crippen LogP contribution in [0.2, 0.25) is 0 Å². The number of ketones is 2. The van der Waals surface area contributed by atoms with Crippen LogP contribution in [0.3, 0.4) is 0 Å². The van der Waals surface area contributed by atoms with E-state index in [0.717, 1.165) is 103 Å². The number of nitrogens with zero attached hydrogens (tertiary/aromatic N) is 1. The first kappa shape index (κ1) is 49.5. The number of carbonyl (C=O) groups is 2. The van der Waals surface area contributed by atoms with Gasteiger partial charge in [0.25, 0.3) is 0 Å². The Balaban J connectivity index is 1.16. The first-order chi connectivity index (χ1) is 32.6. The molecule has 378 valence electrons. The minimum atomic E-state index is -0.918. The fourth-order valence-electron chi connectivity index (χ4n) is 17.3. The predicted octanol–water partition coefficient (Wildman–Crippen LogP) is 9.84. The zero-order valence-corrected chi connectivity index (χ0v) is 43.8. The second-order valence-corrected chi connectivity index (χ2v) is 25.5. The van der Waals surface area contributed by atoms with Crippen molar-refractivity contribution in [2.45, 2.75) is 195 Å². The number of hydrogen-bond acceptors (Lipinski definition) is 8. The minimum Gasteiger partial charge on any atom is -0.392 e. The van der Waals surface area contributed by atoms with Gasteiger partial charge < -0.3 is 39.7 Å². The van der Waals surface area contributed by atoms with Gasteiger partial charge in [0.2, 0.25) is 0 Å². The third-order valence-corrected chi connectivity index (χ3v) is 21.1. The summed E-state index contributed by atoms with van der Waals surface area (Å²) in [5.74, 6) is -0.0564. The highest BCUT2D eigenvalue weighted by molar-refractivity contribution is 6.03. The summed E-state index contributed by atoms with van der Waals surface area (Å²) < 4.78 is 14.2. The van der Waals surface area contributed by atoms with Crippen LogP contribution in [0.1, 0.15) is 167 Å². The van der Waals surface area contributed by atoms with E-state index >= 15 is 4.79 Å². The van der Waals surface area contributed by atoms with Crippen molar-refractivity contribution in [3.05, 3.63) is 69.6 Å². The Hall–Kier alpha value is -3.12. The van der Waals surface area contributed by atoms with E-state index in [0.29, 0.717) is 64.1 Å². The molecule has 0 spiro atoms. The standard InChI is InChI=1S/C59H85N3O7/c1-11-12-13-14-41-50(66)46-45-40(49(65)51-56(7)19-17-44(64)55(6,21-24-60-10)43(56)16-20-57(51,8)58(41,45)9)34-62-33-38(29-36-27-35(2)28-39(30-36)59(67)22-25-68-26-23-59)47-48(62)37(32-61-47)15-18-54(46,5)31-42(63)52-53(3,4)69-52/h27-28,30,32-33,40-43,49,51-52,60-61,63,65,67H,11-26,29,31,34H2,1-10H3. The number of rotatable bonds is 13. The Morgan fingerprint density at radius 1 is 0.971 bits per heavy atom. The molecule has 10 rings (SSSR count). The number of aromatic nitrogens is 2. The summed E-state index contributed by atoms with van der Waals surface area (Å²) in [4.78, 5) is 34.3. The highest BCUT2D eigenvalue weighted by Crippen LogP contribution is 2.77. The third-order valence-electron chi connectivity index (χ3n) is 21.1. The highest BCUT2D eigenvalue weighted by Gasteiger charge is 2.75. The first-order valence-corrected chi connectivity index (χ1v) is 27.2. The van der Waals surface area contributed by atoms with E-state index in [9.17, 15) is 20.1 Å². The van der Waals surface area contributed by atoms with Crippen LogP contribution in [0.4, 0.5) is 0 Å². The molecule has 3 aliphatic heterocycles. The summed E-state index contributed by atoms with van der Waals surface area (Å²) >= 11 is 0. The molecule has 2 aromatic heterocycles. The number of allylic oxidation sites excluding steroid dienone is 1. The lowest BCUT2D eigenvalue weighted by Crippen LogP contribution is -2.69. The third kappa shape index (κ3) is 7.51. The van der Waals surface area contributed by atoms with E-state index in [1.54, 1.807) is 0 Å². The molecule has 10 heteroatoms. The van der Waals surface area contributed by atoms with Gasteiger partial charge in [-0.05, 0) is 142 Å². The van der Waals surface area contributed by atoms with E-state index < -0.39 is 45.1 Å². The van der Waals surface area contributed by atoms with Crippen LogP contribution in [0.15, 0.2) is 41.7 Å². The van der Waals surface area contributed by atoms with Gasteiger partial charge in [-0.25, -0.2) is 0 Å². The molecule has 10 nitrogen and oxygen atoms in total. The zero-order chi connectivity index (χ0) is 49.3. The van der Waals surface area contributed by atoms with Gasteiger partial charge in [0.1, 0.15) is 11.9 Å². The topological polar surface area (TPSA) is 149 Å². The van der Waals surface area contributed by atoms with E-state index in [4.69, 9.17) is 9.47 Å². The second-order valence-electron chi connectivity index (χ2n) is 25.5. The molecular weight excluding hydrogens is 863 g/mol. The van der Waals surface area contributed by atoms with Crippen molar-refractivity contribution in [3.63, 3.8) is 0 Å². The van der Waals surface area contributed by atoms with Crippen LogP contribution in [0.5, 0.6) is 0 Å². The van der Waals surface area contributed by atoms with Crippen molar-refractivity contribution in [2.24, 2.45) is 50.7 Å². The normalized spacial score (nSPS) is 38.4. The monoisotopic (exact) mass is 948 g/mol. The number of hydrogen-bond donors (Lipinski definition) is 5. The number of H-pyrrole nitrogens is 1. The first-order valence-electron chi connectivity index (χ1n) is 27.2.